The summed E-state index contributed by atoms with van der Waals surface area (Å²) in [6.45, 7) is 0.861. The molecule has 0 aliphatic heterocycles. The van der Waals surface area contributed by atoms with E-state index in [0.29, 0.717) is 25.9 Å². The second-order valence-electron chi connectivity index (χ2n) is 4.99. The summed E-state index contributed by atoms with van der Waals surface area (Å²) in [7, 11) is 0. The van der Waals surface area contributed by atoms with Gasteiger partial charge in [-0.3, -0.25) is 0 Å². The Hall–Kier alpha value is -2.77. The number of amides is 4. The van der Waals surface area contributed by atoms with Crippen LogP contribution in [0.5, 0.6) is 0 Å². The number of carboxylic acids is 1. The zero-order chi connectivity index (χ0) is 17.1. The first-order chi connectivity index (χ1) is 11.0. The summed E-state index contributed by atoms with van der Waals surface area (Å²) in [4.78, 5) is 33.1. The Labute approximate surface area is 134 Å². The number of hydrogen-bond donors (Lipinski definition) is 5. The van der Waals surface area contributed by atoms with Crippen molar-refractivity contribution in [3.63, 3.8) is 0 Å². The third-order valence-corrected chi connectivity index (χ3v) is 3.12. The van der Waals surface area contributed by atoms with Crippen LogP contribution in [-0.4, -0.2) is 35.7 Å². The van der Waals surface area contributed by atoms with Crippen LogP contribution in [0.25, 0.3) is 0 Å². The van der Waals surface area contributed by atoms with Gasteiger partial charge in [0.1, 0.15) is 6.04 Å². The van der Waals surface area contributed by atoms with E-state index < -0.39 is 18.0 Å². The van der Waals surface area contributed by atoms with E-state index in [2.05, 4.69) is 16.0 Å². The summed E-state index contributed by atoms with van der Waals surface area (Å²) in [5.74, 6) is -1.13. The van der Waals surface area contributed by atoms with Crippen molar-refractivity contribution in [2.75, 3.05) is 6.54 Å². The molecule has 1 rings (SSSR count). The van der Waals surface area contributed by atoms with E-state index in [0.717, 1.165) is 5.56 Å². The molecule has 0 unspecified atom stereocenters. The number of unbranched alkanes of at least 4 members (excludes halogenated alkanes) is 1. The molecule has 1 atom stereocenters. The van der Waals surface area contributed by atoms with Crippen LogP contribution in [0.4, 0.5) is 9.59 Å². The molecule has 4 amide bonds. The predicted octanol–water partition coefficient (Wildman–Crippen LogP) is 0.778. The molecule has 0 heterocycles. The van der Waals surface area contributed by atoms with Gasteiger partial charge in [-0.1, -0.05) is 30.3 Å². The van der Waals surface area contributed by atoms with E-state index in [1.54, 1.807) is 0 Å². The van der Waals surface area contributed by atoms with Gasteiger partial charge in [-0.25, -0.2) is 14.4 Å². The third kappa shape index (κ3) is 8.30. The van der Waals surface area contributed by atoms with Crippen LogP contribution in [-0.2, 0) is 11.3 Å². The Bertz CT molecular complexity index is 521. The largest absolute Gasteiger partial charge is 0.480 e. The molecule has 0 saturated heterocycles. The summed E-state index contributed by atoms with van der Waals surface area (Å²) in [6.07, 6.45) is 1.39. The van der Waals surface area contributed by atoms with E-state index >= 15 is 0 Å². The normalized spacial score (nSPS) is 11.3. The van der Waals surface area contributed by atoms with Gasteiger partial charge in [0.05, 0.1) is 0 Å². The summed E-state index contributed by atoms with van der Waals surface area (Å²) in [5, 5.41) is 16.5. The van der Waals surface area contributed by atoms with Crippen LogP contribution in [0.3, 0.4) is 0 Å². The number of benzene rings is 1. The molecule has 0 radical (unpaired) electrons. The molecule has 1 aromatic carbocycles. The van der Waals surface area contributed by atoms with Gasteiger partial charge in [0.2, 0.25) is 0 Å². The van der Waals surface area contributed by atoms with E-state index in [1.165, 1.54) is 0 Å². The van der Waals surface area contributed by atoms with Gasteiger partial charge in [-0.15, -0.1) is 0 Å². The molecule has 0 aliphatic rings. The number of urea groups is 2. The maximum atomic E-state index is 11.6. The lowest BCUT2D eigenvalue weighted by Gasteiger charge is -2.12. The van der Waals surface area contributed by atoms with Crippen molar-refractivity contribution in [3.8, 4) is 0 Å². The number of hydrogen-bond acceptors (Lipinski definition) is 3. The summed E-state index contributed by atoms with van der Waals surface area (Å²) in [6, 6.07) is 7.38. The second kappa shape index (κ2) is 10.0. The van der Waals surface area contributed by atoms with Crippen LogP contribution in [0.15, 0.2) is 30.3 Å². The first-order valence-electron chi connectivity index (χ1n) is 7.33. The molecule has 0 spiro atoms. The van der Waals surface area contributed by atoms with Crippen LogP contribution in [0, 0.1) is 0 Å². The molecule has 6 N–H and O–H groups in total. The molecule has 1 aromatic rings. The minimum Gasteiger partial charge on any atom is -0.480 e. The molecular weight excluding hydrogens is 300 g/mol. The Kier molecular flexibility index (Phi) is 7.98. The molecule has 0 aliphatic carbocycles. The van der Waals surface area contributed by atoms with Crippen molar-refractivity contribution < 1.29 is 19.5 Å². The average Bonchev–Trinajstić information content (AvgIpc) is 2.52. The van der Waals surface area contributed by atoms with Crippen molar-refractivity contribution >= 4 is 18.0 Å². The Balaban J connectivity index is 2.12. The van der Waals surface area contributed by atoms with E-state index in [-0.39, 0.29) is 12.5 Å². The third-order valence-electron chi connectivity index (χ3n) is 3.12. The monoisotopic (exact) mass is 322 g/mol. The predicted molar refractivity (Wildman–Crippen MR) is 84.7 cm³/mol. The van der Waals surface area contributed by atoms with Gasteiger partial charge >= 0.3 is 18.0 Å². The number of carbonyl (C=O) groups is 3. The van der Waals surface area contributed by atoms with Crippen molar-refractivity contribution in [2.45, 2.75) is 31.8 Å². The zero-order valence-corrected chi connectivity index (χ0v) is 12.7. The van der Waals surface area contributed by atoms with Crippen molar-refractivity contribution in [1.29, 1.82) is 0 Å². The van der Waals surface area contributed by atoms with Crippen LogP contribution >= 0.6 is 0 Å². The molecule has 0 bridgehead atoms. The molecule has 0 fully saturated rings. The fourth-order valence-corrected chi connectivity index (χ4v) is 1.95. The van der Waals surface area contributed by atoms with Gasteiger partial charge in [0, 0.05) is 13.1 Å². The first kappa shape index (κ1) is 18.3. The SMILES string of the molecule is NC(=O)N[C@@H](CCCCNC(=O)NCc1ccccc1)C(=O)O. The zero-order valence-electron chi connectivity index (χ0n) is 12.7. The lowest BCUT2D eigenvalue weighted by atomic mass is 10.1. The summed E-state index contributed by atoms with van der Waals surface area (Å²) >= 11 is 0. The molecule has 8 nitrogen and oxygen atoms in total. The van der Waals surface area contributed by atoms with E-state index in [1.807, 2.05) is 30.3 Å². The minimum atomic E-state index is -1.13. The lowest BCUT2D eigenvalue weighted by molar-refractivity contribution is -0.139. The Morgan fingerprint density at radius 2 is 1.78 bits per heavy atom. The Morgan fingerprint density at radius 3 is 2.39 bits per heavy atom. The maximum Gasteiger partial charge on any atom is 0.326 e. The average molecular weight is 322 g/mol. The van der Waals surface area contributed by atoms with Gasteiger partial charge in [0.25, 0.3) is 0 Å². The molecule has 126 valence electrons. The number of nitrogens with one attached hydrogen (secondary N) is 3. The standard InChI is InChI=1S/C15H22N4O4/c16-14(22)19-12(13(20)21)8-4-5-9-17-15(23)18-10-11-6-2-1-3-7-11/h1-3,6-7,12H,4-5,8-10H2,(H,20,21)(H3,16,19,22)(H2,17,18,23)/t12-/m0/s1. The summed E-state index contributed by atoms with van der Waals surface area (Å²) in [5.41, 5.74) is 5.91. The van der Waals surface area contributed by atoms with Gasteiger partial charge in [-0.05, 0) is 24.8 Å². The van der Waals surface area contributed by atoms with Crippen molar-refractivity contribution in [2.24, 2.45) is 5.73 Å². The quantitative estimate of drug-likeness (QED) is 0.429. The molecule has 8 heteroatoms. The number of carboxylic acid groups (broad SMARTS) is 1. The van der Waals surface area contributed by atoms with Gasteiger partial charge in [0.15, 0.2) is 0 Å². The molecule has 23 heavy (non-hydrogen) atoms. The van der Waals surface area contributed by atoms with Crippen LogP contribution in [0.1, 0.15) is 24.8 Å². The van der Waals surface area contributed by atoms with Crippen LogP contribution in [0.2, 0.25) is 0 Å². The van der Waals surface area contributed by atoms with Crippen molar-refractivity contribution in [1.82, 2.24) is 16.0 Å². The fraction of sp³-hybridized carbons (Fsp3) is 0.400. The topological polar surface area (TPSA) is 134 Å². The van der Waals surface area contributed by atoms with Crippen molar-refractivity contribution in [3.05, 3.63) is 35.9 Å². The smallest absolute Gasteiger partial charge is 0.326 e. The highest BCUT2D eigenvalue weighted by molar-refractivity contribution is 5.81. The number of primary amides is 1. The Morgan fingerprint density at radius 1 is 1.09 bits per heavy atom. The number of carbonyl (C=O) groups excluding carboxylic acids is 2. The van der Waals surface area contributed by atoms with Gasteiger partial charge in [-0.2, -0.15) is 0 Å². The first-order valence-corrected chi connectivity index (χ1v) is 7.33. The second-order valence-corrected chi connectivity index (χ2v) is 4.99. The molecular formula is C15H22N4O4. The highest BCUT2D eigenvalue weighted by Gasteiger charge is 2.17. The van der Waals surface area contributed by atoms with E-state index in [9.17, 15) is 14.4 Å². The lowest BCUT2D eigenvalue weighted by Crippen LogP contribution is -2.43. The molecule has 0 aromatic heterocycles. The number of rotatable bonds is 9. The minimum absolute atomic E-state index is 0.256. The highest BCUT2D eigenvalue weighted by atomic mass is 16.4. The van der Waals surface area contributed by atoms with Crippen LogP contribution < -0.4 is 21.7 Å². The number of aliphatic carboxylic acids is 1. The number of nitrogens with two attached hydrogens (primary N) is 1. The fourth-order valence-electron chi connectivity index (χ4n) is 1.95. The summed E-state index contributed by atoms with van der Waals surface area (Å²) < 4.78 is 0. The highest BCUT2D eigenvalue weighted by Crippen LogP contribution is 2.01. The van der Waals surface area contributed by atoms with E-state index in [4.69, 9.17) is 10.8 Å². The van der Waals surface area contributed by atoms with Gasteiger partial charge < -0.3 is 26.8 Å². The molecule has 0 saturated carbocycles. The maximum absolute atomic E-state index is 11.6.